The lowest BCUT2D eigenvalue weighted by molar-refractivity contribution is -0.144. The average molecular weight is 381 g/mol. The van der Waals surface area contributed by atoms with E-state index in [0.29, 0.717) is 44.3 Å². The Morgan fingerprint density at radius 1 is 1.15 bits per heavy atom. The zero-order valence-electron chi connectivity index (χ0n) is 16.0. The van der Waals surface area contributed by atoms with E-state index >= 15 is 0 Å². The first kappa shape index (κ1) is 21.0. The Kier molecular flexibility index (Phi) is 7.87. The number of rotatable bonds is 10. The summed E-state index contributed by atoms with van der Waals surface area (Å²) in [6.07, 6.45) is 0.420. The molecule has 0 aliphatic carbocycles. The summed E-state index contributed by atoms with van der Waals surface area (Å²) in [5.41, 5.74) is 1.73. The first-order valence-electron chi connectivity index (χ1n) is 8.93. The summed E-state index contributed by atoms with van der Waals surface area (Å²) in [5.74, 6) is -0.117. The minimum Gasteiger partial charge on any atom is -0.493 e. The molecule has 150 valence electrons. The predicted molar refractivity (Wildman–Crippen MR) is 97.3 cm³/mol. The second-order valence-corrected chi connectivity index (χ2v) is 6.11. The lowest BCUT2D eigenvalue weighted by Crippen LogP contribution is -2.42. The molecule has 1 aromatic carbocycles. The summed E-state index contributed by atoms with van der Waals surface area (Å²) >= 11 is 0. The summed E-state index contributed by atoms with van der Waals surface area (Å²) in [6, 6.07) is 3.04. The Bertz CT molecular complexity index is 662. The van der Waals surface area contributed by atoms with Crippen molar-refractivity contribution in [3.63, 3.8) is 0 Å². The van der Waals surface area contributed by atoms with E-state index in [4.69, 9.17) is 18.9 Å². The number of carboxylic acid groups (broad SMARTS) is 1. The van der Waals surface area contributed by atoms with E-state index in [1.807, 2.05) is 13.0 Å². The van der Waals surface area contributed by atoms with Crippen LogP contribution >= 0.6 is 0 Å². The topological polar surface area (TPSA) is 94.5 Å². The molecule has 8 nitrogen and oxygen atoms in total. The molecule has 1 aliphatic rings. The van der Waals surface area contributed by atoms with Crippen LogP contribution in [0.2, 0.25) is 0 Å². The summed E-state index contributed by atoms with van der Waals surface area (Å²) in [6.45, 7) is 3.53. The van der Waals surface area contributed by atoms with Crippen molar-refractivity contribution in [2.45, 2.75) is 25.8 Å². The van der Waals surface area contributed by atoms with Gasteiger partial charge in [-0.25, -0.2) is 0 Å². The van der Waals surface area contributed by atoms with E-state index in [1.165, 1.54) is 7.11 Å². The van der Waals surface area contributed by atoms with Gasteiger partial charge >= 0.3 is 5.97 Å². The van der Waals surface area contributed by atoms with Gasteiger partial charge in [0.05, 0.1) is 39.9 Å². The van der Waals surface area contributed by atoms with Crippen molar-refractivity contribution < 1.29 is 33.6 Å². The number of amides is 1. The summed E-state index contributed by atoms with van der Waals surface area (Å²) in [4.78, 5) is 25.6. The lowest BCUT2D eigenvalue weighted by Gasteiger charge is -2.37. The van der Waals surface area contributed by atoms with Crippen LogP contribution < -0.4 is 9.47 Å². The molecule has 2 rings (SSSR count). The van der Waals surface area contributed by atoms with Gasteiger partial charge in [-0.1, -0.05) is 0 Å². The highest BCUT2D eigenvalue weighted by Gasteiger charge is 2.33. The summed E-state index contributed by atoms with van der Waals surface area (Å²) < 4.78 is 21.2. The molecule has 0 saturated carbocycles. The first-order chi connectivity index (χ1) is 13.0. The molecular formula is C19H27NO7. The number of carboxylic acids is 1. The molecule has 0 saturated heterocycles. The van der Waals surface area contributed by atoms with E-state index < -0.39 is 12.0 Å². The highest BCUT2D eigenvalue weighted by molar-refractivity contribution is 5.79. The second-order valence-electron chi connectivity index (χ2n) is 6.11. The van der Waals surface area contributed by atoms with Crippen LogP contribution in [0.1, 0.15) is 30.5 Å². The molecule has 0 bridgehead atoms. The fraction of sp³-hybridized carbons (Fsp3) is 0.579. The lowest BCUT2D eigenvalue weighted by atomic mass is 9.90. The molecule has 1 heterocycles. The summed E-state index contributed by atoms with van der Waals surface area (Å²) in [7, 11) is 3.08. The highest BCUT2D eigenvalue weighted by Crippen LogP contribution is 2.39. The van der Waals surface area contributed by atoms with Gasteiger partial charge in [-0.05, 0) is 36.6 Å². The molecular weight excluding hydrogens is 354 g/mol. The van der Waals surface area contributed by atoms with Gasteiger partial charge in [0, 0.05) is 13.2 Å². The number of carbonyl (C=O) groups excluding carboxylic acids is 1. The number of ether oxygens (including phenoxy) is 4. The number of hydrogen-bond donors (Lipinski definition) is 1. The zero-order valence-corrected chi connectivity index (χ0v) is 16.0. The van der Waals surface area contributed by atoms with E-state index in [2.05, 4.69) is 0 Å². The normalized spacial score (nSPS) is 16.0. The SMILES string of the molecule is CCOCCOCC(=O)N1CCc2cc(OC)c(OC)cc2C1CC(=O)O. The maximum absolute atomic E-state index is 12.6. The summed E-state index contributed by atoms with van der Waals surface area (Å²) in [5, 5.41) is 9.35. The van der Waals surface area contributed by atoms with Crippen molar-refractivity contribution >= 4 is 11.9 Å². The van der Waals surface area contributed by atoms with Gasteiger partial charge in [0.15, 0.2) is 11.5 Å². The average Bonchev–Trinajstić information content (AvgIpc) is 2.66. The van der Waals surface area contributed by atoms with Gasteiger partial charge in [-0.15, -0.1) is 0 Å². The van der Waals surface area contributed by atoms with E-state index in [1.54, 1.807) is 18.1 Å². The quantitative estimate of drug-likeness (QED) is 0.616. The van der Waals surface area contributed by atoms with Gasteiger partial charge in [-0.3, -0.25) is 9.59 Å². The van der Waals surface area contributed by atoms with Crippen LogP contribution in [0.15, 0.2) is 12.1 Å². The minimum absolute atomic E-state index is 0.105. The number of nitrogens with zero attached hydrogens (tertiary/aromatic N) is 1. The minimum atomic E-state index is -0.974. The maximum atomic E-state index is 12.6. The van der Waals surface area contributed by atoms with Gasteiger partial charge in [-0.2, -0.15) is 0 Å². The second kappa shape index (κ2) is 10.1. The molecule has 0 aromatic heterocycles. The fourth-order valence-corrected chi connectivity index (χ4v) is 3.22. The van der Waals surface area contributed by atoms with Gasteiger partial charge in [0.25, 0.3) is 0 Å². The number of carbonyl (C=O) groups is 2. The van der Waals surface area contributed by atoms with E-state index in [9.17, 15) is 14.7 Å². The van der Waals surface area contributed by atoms with Crippen LogP contribution in [0.25, 0.3) is 0 Å². The third-order valence-corrected chi connectivity index (χ3v) is 4.49. The number of aliphatic carboxylic acids is 1. The Morgan fingerprint density at radius 3 is 2.44 bits per heavy atom. The Balaban J connectivity index is 2.20. The highest BCUT2D eigenvalue weighted by atomic mass is 16.5. The molecule has 1 aromatic rings. The van der Waals surface area contributed by atoms with Crippen LogP contribution in [0.3, 0.4) is 0 Å². The van der Waals surface area contributed by atoms with Crippen molar-refractivity contribution in [1.29, 1.82) is 0 Å². The van der Waals surface area contributed by atoms with Crippen LogP contribution in [0, 0.1) is 0 Å². The molecule has 0 spiro atoms. The van der Waals surface area contributed by atoms with E-state index in [0.717, 1.165) is 11.1 Å². The standard InChI is InChI=1S/C19H27NO7/c1-4-26-7-8-27-12-18(21)20-6-5-13-9-16(24-2)17(25-3)10-14(13)15(20)11-19(22)23/h9-10,15H,4-8,11-12H2,1-3H3,(H,22,23). The number of methoxy groups -OCH3 is 2. The molecule has 0 radical (unpaired) electrons. The molecule has 8 heteroatoms. The van der Waals surface area contributed by atoms with Crippen LogP contribution in [0.5, 0.6) is 11.5 Å². The van der Waals surface area contributed by atoms with Gasteiger partial charge in [0.2, 0.25) is 5.91 Å². The molecule has 27 heavy (non-hydrogen) atoms. The maximum Gasteiger partial charge on any atom is 0.305 e. The van der Waals surface area contributed by atoms with E-state index in [-0.39, 0.29) is 18.9 Å². The van der Waals surface area contributed by atoms with Crippen LogP contribution in [-0.2, 0) is 25.5 Å². The number of fused-ring (bicyclic) bond motifs is 1. The number of benzene rings is 1. The molecule has 1 amide bonds. The van der Waals surface area contributed by atoms with Crippen LogP contribution in [0.4, 0.5) is 0 Å². The molecule has 0 fully saturated rings. The zero-order chi connectivity index (χ0) is 19.8. The third-order valence-electron chi connectivity index (χ3n) is 4.49. The number of hydrogen-bond acceptors (Lipinski definition) is 6. The largest absolute Gasteiger partial charge is 0.493 e. The van der Waals surface area contributed by atoms with Crippen molar-refractivity contribution in [3.8, 4) is 11.5 Å². The van der Waals surface area contributed by atoms with Crippen molar-refractivity contribution in [2.75, 3.05) is 47.2 Å². The van der Waals surface area contributed by atoms with Crippen molar-refractivity contribution in [1.82, 2.24) is 4.90 Å². The molecule has 1 unspecified atom stereocenters. The predicted octanol–water partition coefficient (Wildman–Crippen LogP) is 1.66. The molecule has 1 atom stereocenters. The monoisotopic (exact) mass is 381 g/mol. The van der Waals surface area contributed by atoms with Crippen molar-refractivity contribution in [2.24, 2.45) is 0 Å². The van der Waals surface area contributed by atoms with Gasteiger partial charge < -0.3 is 29.0 Å². The van der Waals surface area contributed by atoms with Gasteiger partial charge in [0.1, 0.15) is 6.61 Å². The first-order valence-corrected chi connectivity index (χ1v) is 8.93. The Hall–Kier alpha value is -2.32. The third kappa shape index (κ3) is 5.33. The Labute approximate surface area is 159 Å². The smallest absolute Gasteiger partial charge is 0.305 e. The molecule has 1 aliphatic heterocycles. The molecule has 1 N–H and O–H groups in total. The Morgan fingerprint density at radius 2 is 1.81 bits per heavy atom. The van der Waals surface area contributed by atoms with Crippen molar-refractivity contribution in [3.05, 3.63) is 23.3 Å². The van der Waals surface area contributed by atoms with Crippen LogP contribution in [-0.4, -0.2) is 69.1 Å². The fourth-order valence-electron chi connectivity index (χ4n) is 3.22.